The Morgan fingerprint density at radius 3 is 2.17 bits per heavy atom. The number of carboxylic acid groups (broad SMARTS) is 1. The molecule has 5 atom stereocenters. The van der Waals surface area contributed by atoms with Crippen LogP contribution in [0, 0.1) is 5.92 Å². The van der Waals surface area contributed by atoms with E-state index in [9.17, 15) is 24.3 Å². The number of carbonyl (C=O) groups is 4. The number of carboxylic acids is 1. The first kappa shape index (κ1) is 28.9. The van der Waals surface area contributed by atoms with E-state index in [0.29, 0.717) is 12.1 Å². The van der Waals surface area contributed by atoms with Gasteiger partial charge in [-0.15, -0.1) is 0 Å². The second kappa shape index (κ2) is 14.2. The smallest absolute Gasteiger partial charge is 0.326 e. The van der Waals surface area contributed by atoms with Crippen LogP contribution in [0.25, 0.3) is 0 Å². The minimum atomic E-state index is -1.25. The molecule has 1 aromatic heterocycles. The Hall–Kier alpha value is -3.38. The van der Waals surface area contributed by atoms with Crippen LogP contribution in [-0.2, 0) is 32.0 Å². The van der Waals surface area contributed by atoms with E-state index in [4.69, 9.17) is 5.73 Å². The predicted molar refractivity (Wildman–Crippen MR) is 137 cm³/mol. The highest BCUT2D eigenvalue weighted by atomic mass is 32.1. The van der Waals surface area contributed by atoms with Crippen molar-refractivity contribution in [2.45, 2.75) is 57.3 Å². The summed E-state index contributed by atoms with van der Waals surface area (Å²) in [6, 6.07) is 4.77. The van der Waals surface area contributed by atoms with Gasteiger partial charge in [-0.1, -0.05) is 50.6 Å². The van der Waals surface area contributed by atoms with E-state index in [2.05, 4.69) is 38.5 Å². The van der Waals surface area contributed by atoms with Gasteiger partial charge in [0.1, 0.15) is 18.1 Å². The first-order valence-electron chi connectivity index (χ1n) is 11.7. The van der Waals surface area contributed by atoms with Gasteiger partial charge in [0.05, 0.1) is 12.4 Å². The SMILES string of the molecule is CCC(C)C(N)C(=O)NC(CS)C(=O)NC(Cc1ccccc1)C(=O)NC(Cc1cnc[nH]1)C(=O)O. The van der Waals surface area contributed by atoms with Gasteiger partial charge in [-0.25, -0.2) is 9.78 Å². The quantitative estimate of drug-likeness (QED) is 0.172. The second-order valence-corrected chi connectivity index (χ2v) is 8.95. The molecule has 0 fully saturated rings. The van der Waals surface area contributed by atoms with E-state index >= 15 is 0 Å². The summed E-state index contributed by atoms with van der Waals surface area (Å²) in [5, 5.41) is 17.3. The first-order chi connectivity index (χ1) is 17.2. The van der Waals surface area contributed by atoms with Crippen molar-refractivity contribution >= 4 is 36.3 Å². The fraction of sp³-hybridized carbons (Fsp3) is 0.458. The van der Waals surface area contributed by atoms with Crippen molar-refractivity contribution in [3.05, 3.63) is 54.1 Å². The molecule has 196 valence electrons. The lowest BCUT2D eigenvalue weighted by molar-refractivity contribution is -0.142. The average molecular weight is 519 g/mol. The van der Waals surface area contributed by atoms with Gasteiger partial charge >= 0.3 is 5.97 Å². The van der Waals surface area contributed by atoms with Gasteiger partial charge in [0.25, 0.3) is 0 Å². The third-order valence-electron chi connectivity index (χ3n) is 5.88. The average Bonchev–Trinajstić information content (AvgIpc) is 3.38. The van der Waals surface area contributed by atoms with E-state index in [1.54, 1.807) is 24.3 Å². The van der Waals surface area contributed by atoms with E-state index in [1.165, 1.54) is 12.5 Å². The molecule has 5 unspecified atom stereocenters. The molecule has 1 aromatic carbocycles. The third kappa shape index (κ3) is 8.68. The van der Waals surface area contributed by atoms with Crippen molar-refractivity contribution in [1.29, 1.82) is 0 Å². The van der Waals surface area contributed by atoms with Gasteiger partial charge in [0, 0.05) is 30.5 Å². The van der Waals surface area contributed by atoms with E-state index in [-0.39, 0.29) is 24.5 Å². The second-order valence-electron chi connectivity index (χ2n) is 8.59. The highest BCUT2D eigenvalue weighted by Gasteiger charge is 2.31. The van der Waals surface area contributed by atoms with Crippen LogP contribution in [-0.4, -0.2) is 68.7 Å². The highest BCUT2D eigenvalue weighted by molar-refractivity contribution is 7.80. The van der Waals surface area contributed by atoms with Crippen molar-refractivity contribution in [2.75, 3.05) is 5.75 Å². The van der Waals surface area contributed by atoms with Crippen molar-refractivity contribution in [3.8, 4) is 0 Å². The van der Waals surface area contributed by atoms with Crippen LogP contribution < -0.4 is 21.7 Å². The number of aromatic nitrogens is 2. The number of carbonyl (C=O) groups excluding carboxylic acids is 3. The Labute approximate surface area is 215 Å². The number of rotatable bonds is 14. The van der Waals surface area contributed by atoms with Gasteiger partial charge in [0.15, 0.2) is 0 Å². The lowest BCUT2D eigenvalue weighted by atomic mass is 9.99. The molecule has 1 heterocycles. The number of H-pyrrole nitrogens is 1. The van der Waals surface area contributed by atoms with Crippen LogP contribution in [0.5, 0.6) is 0 Å². The molecule has 12 heteroatoms. The molecule has 11 nitrogen and oxygen atoms in total. The van der Waals surface area contributed by atoms with E-state index in [1.807, 2.05) is 19.9 Å². The number of nitrogens with one attached hydrogen (secondary N) is 4. The molecule has 0 aliphatic rings. The number of hydrogen-bond acceptors (Lipinski definition) is 7. The minimum Gasteiger partial charge on any atom is -0.480 e. The maximum absolute atomic E-state index is 13.2. The monoisotopic (exact) mass is 518 g/mol. The van der Waals surface area contributed by atoms with Crippen LogP contribution in [0.2, 0.25) is 0 Å². The lowest BCUT2D eigenvalue weighted by Crippen LogP contribution is -2.58. The standard InChI is InChI=1S/C24H34N6O5S/c1-3-14(2)20(25)23(33)30-19(12-36)22(32)28-17(9-15-7-5-4-6-8-15)21(31)29-18(24(34)35)10-16-11-26-13-27-16/h4-8,11,13-14,17-20,36H,3,9-10,12,25H2,1-2H3,(H,26,27)(H,28,32)(H,29,31)(H,30,33)(H,34,35). The topological polar surface area (TPSA) is 179 Å². The molecular formula is C24H34N6O5S. The number of benzene rings is 1. The molecule has 0 spiro atoms. The van der Waals surface area contributed by atoms with Crippen LogP contribution in [0.3, 0.4) is 0 Å². The number of nitrogens with two attached hydrogens (primary N) is 1. The number of amides is 3. The Bertz CT molecular complexity index is 1000. The summed E-state index contributed by atoms with van der Waals surface area (Å²) >= 11 is 4.17. The molecule has 0 radical (unpaired) electrons. The van der Waals surface area contributed by atoms with Crippen LogP contribution in [0.1, 0.15) is 31.5 Å². The molecule has 0 bridgehead atoms. The Kier molecular flexibility index (Phi) is 11.4. The van der Waals surface area contributed by atoms with Gasteiger partial charge in [-0.2, -0.15) is 12.6 Å². The summed E-state index contributed by atoms with van der Waals surface area (Å²) in [7, 11) is 0. The van der Waals surface area contributed by atoms with Crippen molar-refractivity contribution in [2.24, 2.45) is 11.7 Å². The molecule has 0 aliphatic carbocycles. The van der Waals surface area contributed by atoms with E-state index in [0.717, 1.165) is 5.56 Å². The molecule has 0 aliphatic heterocycles. The summed E-state index contributed by atoms with van der Waals surface area (Å²) in [4.78, 5) is 57.1. The summed E-state index contributed by atoms with van der Waals surface area (Å²) in [6.07, 6.45) is 3.65. The number of aromatic amines is 1. The van der Waals surface area contributed by atoms with E-state index < -0.39 is 47.9 Å². The maximum Gasteiger partial charge on any atom is 0.326 e. The van der Waals surface area contributed by atoms with Crippen molar-refractivity contribution < 1.29 is 24.3 Å². The fourth-order valence-electron chi connectivity index (χ4n) is 3.39. The van der Waals surface area contributed by atoms with Gasteiger partial charge in [-0.3, -0.25) is 14.4 Å². The van der Waals surface area contributed by atoms with Crippen LogP contribution in [0.15, 0.2) is 42.9 Å². The molecule has 3 amide bonds. The maximum atomic E-state index is 13.2. The largest absolute Gasteiger partial charge is 0.480 e. The van der Waals surface area contributed by atoms with Gasteiger partial charge in [-0.05, 0) is 11.5 Å². The van der Waals surface area contributed by atoms with Crippen LogP contribution >= 0.6 is 12.6 Å². The summed E-state index contributed by atoms with van der Waals surface area (Å²) in [6.45, 7) is 3.74. The fourth-order valence-corrected chi connectivity index (χ4v) is 3.65. The highest BCUT2D eigenvalue weighted by Crippen LogP contribution is 2.08. The molecular weight excluding hydrogens is 484 g/mol. The normalized spacial score (nSPS) is 15.1. The summed E-state index contributed by atoms with van der Waals surface area (Å²) in [5.41, 5.74) is 7.25. The minimum absolute atomic E-state index is 0.0180. The summed E-state index contributed by atoms with van der Waals surface area (Å²) in [5.74, 6) is -3.16. The number of thiol groups is 1. The molecule has 0 saturated carbocycles. The van der Waals surface area contributed by atoms with Gasteiger partial charge < -0.3 is 31.8 Å². The number of aliphatic carboxylic acids is 1. The van der Waals surface area contributed by atoms with Crippen molar-refractivity contribution in [1.82, 2.24) is 25.9 Å². The molecule has 2 aromatic rings. The first-order valence-corrected chi connectivity index (χ1v) is 12.3. The van der Waals surface area contributed by atoms with Crippen LogP contribution in [0.4, 0.5) is 0 Å². The Morgan fingerprint density at radius 2 is 1.61 bits per heavy atom. The Morgan fingerprint density at radius 1 is 1.00 bits per heavy atom. The molecule has 7 N–H and O–H groups in total. The van der Waals surface area contributed by atoms with Crippen molar-refractivity contribution in [3.63, 3.8) is 0 Å². The van der Waals surface area contributed by atoms with Gasteiger partial charge in [0.2, 0.25) is 17.7 Å². The summed E-state index contributed by atoms with van der Waals surface area (Å²) < 4.78 is 0. The number of hydrogen-bond donors (Lipinski definition) is 7. The zero-order valence-electron chi connectivity index (χ0n) is 20.3. The molecule has 0 saturated heterocycles. The molecule has 2 rings (SSSR count). The zero-order chi connectivity index (χ0) is 26.7. The number of nitrogens with zero attached hydrogens (tertiary/aromatic N) is 1. The number of imidazole rings is 1. The molecule has 36 heavy (non-hydrogen) atoms. The zero-order valence-corrected chi connectivity index (χ0v) is 21.2. The predicted octanol–water partition coefficient (Wildman–Crippen LogP) is 0.0371. The lowest BCUT2D eigenvalue weighted by Gasteiger charge is -2.25. The Balaban J connectivity index is 2.17. The third-order valence-corrected chi connectivity index (χ3v) is 6.25.